The van der Waals surface area contributed by atoms with Gasteiger partial charge in [-0.2, -0.15) is 5.10 Å². The van der Waals surface area contributed by atoms with E-state index in [4.69, 9.17) is 5.73 Å². The smallest absolute Gasteiger partial charge is 0.313 e. The minimum atomic E-state index is -0.639. The number of likely N-dealkylation sites (tertiary alicyclic amines) is 1. The molecule has 2 amide bonds. The van der Waals surface area contributed by atoms with Gasteiger partial charge < -0.3 is 16.0 Å². The van der Waals surface area contributed by atoms with Crippen LogP contribution in [0, 0.1) is 0 Å². The van der Waals surface area contributed by atoms with Crippen LogP contribution in [0.15, 0.2) is 36.7 Å². The van der Waals surface area contributed by atoms with Gasteiger partial charge in [0.15, 0.2) is 0 Å². The van der Waals surface area contributed by atoms with E-state index >= 15 is 0 Å². The standard InChI is InChI=1S/C22H24N6O2/c23-20-17(13-4-5-13)10-16(12-24-20)26-21(29)22(30)28-8-2-1-3-19(28)14-6-7-18-15(9-14)11-25-27-18/h6-7,9-13,19H,1-5,8H2,(H2,23,24)(H,25,27)(H,26,29)/t19-/m0/s1. The second-order valence-electron chi connectivity index (χ2n) is 8.15. The summed E-state index contributed by atoms with van der Waals surface area (Å²) < 4.78 is 0. The van der Waals surface area contributed by atoms with E-state index in [1.807, 2.05) is 24.3 Å². The molecule has 4 N–H and O–H groups in total. The van der Waals surface area contributed by atoms with Crippen LogP contribution in [0.4, 0.5) is 11.5 Å². The number of hydrogen-bond acceptors (Lipinski definition) is 5. The van der Waals surface area contributed by atoms with E-state index in [0.717, 1.165) is 54.1 Å². The monoisotopic (exact) mass is 404 g/mol. The number of piperidine rings is 1. The molecule has 0 radical (unpaired) electrons. The Labute approximate surface area is 173 Å². The molecule has 8 nitrogen and oxygen atoms in total. The van der Waals surface area contributed by atoms with Crippen molar-refractivity contribution < 1.29 is 9.59 Å². The van der Waals surface area contributed by atoms with E-state index in [9.17, 15) is 9.59 Å². The quantitative estimate of drug-likeness (QED) is 0.580. The third-order valence-electron chi connectivity index (χ3n) is 6.03. The predicted molar refractivity (Wildman–Crippen MR) is 114 cm³/mol. The predicted octanol–water partition coefficient (Wildman–Crippen LogP) is 3.11. The average molecular weight is 404 g/mol. The number of pyridine rings is 1. The summed E-state index contributed by atoms with van der Waals surface area (Å²) in [6, 6.07) is 7.72. The molecule has 5 rings (SSSR count). The Kier molecular flexibility index (Phi) is 4.61. The zero-order valence-electron chi connectivity index (χ0n) is 16.6. The highest BCUT2D eigenvalue weighted by molar-refractivity contribution is 6.39. The molecular formula is C22H24N6O2. The molecule has 2 aliphatic rings. The first-order valence-electron chi connectivity index (χ1n) is 10.4. The minimum absolute atomic E-state index is 0.122. The van der Waals surface area contributed by atoms with E-state index in [1.165, 1.54) is 6.20 Å². The molecule has 1 saturated carbocycles. The third-order valence-corrected chi connectivity index (χ3v) is 6.03. The van der Waals surface area contributed by atoms with Crippen molar-refractivity contribution in [2.24, 2.45) is 0 Å². The van der Waals surface area contributed by atoms with Crippen LogP contribution in [0.2, 0.25) is 0 Å². The second-order valence-corrected chi connectivity index (χ2v) is 8.15. The van der Waals surface area contributed by atoms with Crippen LogP contribution in [0.5, 0.6) is 0 Å². The number of fused-ring (bicyclic) bond motifs is 1. The molecule has 1 aliphatic carbocycles. The lowest BCUT2D eigenvalue weighted by molar-refractivity contribution is -0.145. The van der Waals surface area contributed by atoms with E-state index < -0.39 is 11.8 Å². The molecule has 1 aliphatic heterocycles. The van der Waals surface area contributed by atoms with Crippen LogP contribution >= 0.6 is 0 Å². The van der Waals surface area contributed by atoms with Crippen molar-refractivity contribution in [3.8, 4) is 0 Å². The number of anilines is 2. The van der Waals surface area contributed by atoms with E-state index in [1.54, 1.807) is 11.1 Å². The van der Waals surface area contributed by atoms with Gasteiger partial charge in [0.1, 0.15) is 5.82 Å². The van der Waals surface area contributed by atoms with Gasteiger partial charge >= 0.3 is 11.8 Å². The summed E-state index contributed by atoms with van der Waals surface area (Å²) in [7, 11) is 0. The van der Waals surface area contributed by atoms with Crippen LogP contribution in [0.3, 0.4) is 0 Å². The van der Waals surface area contributed by atoms with E-state index in [-0.39, 0.29) is 6.04 Å². The first-order chi connectivity index (χ1) is 14.6. The normalized spacial score (nSPS) is 19.1. The molecule has 3 heterocycles. The van der Waals surface area contributed by atoms with E-state index in [0.29, 0.717) is 24.0 Å². The van der Waals surface area contributed by atoms with Crippen LogP contribution in [-0.2, 0) is 9.59 Å². The molecule has 0 unspecified atom stereocenters. The van der Waals surface area contributed by atoms with Gasteiger partial charge in [0.2, 0.25) is 0 Å². The molecule has 1 saturated heterocycles. The summed E-state index contributed by atoms with van der Waals surface area (Å²) in [5, 5.41) is 10.7. The fourth-order valence-corrected chi connectivity index (χ4v) is 4.29. The zero-order chi connectivity index (χ0) is 20.7. The number of nitrogens with one attached hydrogen (secondary N) is 2. The Bertz CT molecular complexity index is 1120. The Balaban J connectivity index is 1.35. The van der Waals surface area contributed by atoms with Crippen molar-refractivity contribution in [3.63, 3.8) is 0 Å². The lowest BCUT2D eigenvalue weighted by Crippen LogP contribution is -2.44. The molecule has 8 heteroatoms. The summed E-state index contributed by atoms with van der Waals surface area (Å²) in [5.74, 6) is -0.252. The van der Waals surface area contributed by atoms with Gasteiger partial charge in [0.05, 0.1) is 29.6 Å². The molecule has 0 bridgehead atoms. The first kappa shape index (κ1) is 18.6. The summed E-state index contributed by atoms with van der Waals surface area (Å²) >= 11 is 0. The van der Waals surface area contributed by atoms with Gasteiger partial charge in [-0.05, 0) is 67.3 Å². The number of aromatic amines is 1. The molecule has 1 aromatic carbocycles. The number of benzene rings is 1. The highest BCUT2D eigenvalue weighted by Gasteiger charge is 2.32. The Hall–Kier alpha value is -3.42. The fourth-order valence-electron chi connectivity index (χ4n) is 4.29. The zero-order valence-corrected chi connectivity index (χ0v) is 16.6. The molecular weight excluding hydrogens is 380 g/mol. The molecule has 3 aromatic rings. The number of amides is 2. The fraction of sp³-hybridized carbons (Fsp3) is 0.364. The maximum atomic E-state index is 13.0. The van der Waals surface area contributed by atoms with Gasteiger partial charge in [0.25, 0.3) is 0 Å². The van der Waals surface area contributed by atoms with Crippen LogP contribution in [0.25, 0.3) is 10.9 Å². The number of nitrogens with zero attached hydrogens (tertiary/aromatic N) is 3. The Morgan fingerprint density at radius 2 is 2.00 bits per heavy atom. The number of hydrogen-bond donors (Lipinski definition) is 3. The molecule has 2 fully saturated rings. The Morgan fingerprint density at radius 1 is 1.13 bits per heavy atom. The van der Waals surface area contributed by atoms with Crippen LogP contribution < -0.4 is 11.1 Å². The van der Waals surface area contributed by atoms with Gasteiger partial charge in [-0.15, -0.1) is 0 Å². The highest BCUT2D eigenvalue weighted by Crippen LogP contribution is 2.42. The maximum Gasteiger partial charge on any atom is 0.313 e. The van der Waals surface area contributed by atoms with Gasteiger partial charge in [-0.25, -0.2) is 4.98 Å². The number of H-pyrrole nitrogens is 1. The summed E-state index contributed by atoms with van der Waals surface area (Å²) in [6.07, 6.45) is 8.18. The molecule has 0 spiro atoms. The third kappa shape index (κ3) is 3.49. The minimum Gasteiger partial charge on any atom is -0.383 e. The molecule has 30 heavy (non-hydrogen) atoms. The van der Waals surface area contributed by atoms with E-state index in [2.05, 4.69) is 20.5 Å². The lowest BCUT2D eigenvalue weighted by atomic mass is 9.94. The van der Waals surface area contributed by atoms with Gasteiger partial charge in [0, 0.05) is 11.9 Å². The lowest BCUT2D eigenvalue weighted by Gasteiger charge is -2.35. The number of nitrogen functional groups attached to an aromatic ring is 1. The number of aromatic nitrogens is 3. The van der Waals surface area contributed by atoms with Gasteiger partial charge in [-0.3, -0.25) is 14.7 Å². The number of carbonyl (C=O) groups is 2. The van der Waals surface area contributed by atoms with Gasteiger partial charge in [-0.1, -0.05) is 6.07 Å². The largest absolute Gasteiger partial charge is 0.383 e. The maximum absolute atomic E-state index is 13.0. The van der Waals surface area contributed by atoms with Crippen molar-refractivity contribution in [2.45, 2.75) is 44.1 Å². The first-order valence-corrected chi connectivity index (χ1v) is 10.4. The number of carbonyl (C=O) groups excluding carboxylic acids is 2. The van der Waals surface area contributed by atoms with Crippen molar-refractivity contribution in [1.82, 2.24) is 20.1 Å². The van der Waals surface area contributed by atoms with Crippen LogP contribution in [0.1, 0.15) is 55.2 Å². The van der Waals surface area contributed by atoms with Crippen molar-refractivity contribution in [1.29, 1.82) is 0 Å². The number of nitrogens with two attached hydrogens (primary N) is 1. The van der Waals surface area contributed by atoms with Crippen molar-refractivity contribution in [2.75, 3.05) is 17.6 Å². The summed E-state index contributed by atoms with van der Waals surface area (Å²) in [6.45, 7) is 0.563. The molecule has 1 atom stereocenters. The second kappa shape index (κ2) is 7.44. The summed E-state index contributed by atoms with van der Waals surface area (Å²) in [4.78, 5) is 31.7. The SMILES string of the molecule is Nc1ncc(NC(=O)C(=O)N2CCCC[C@H]2c2ccc3[nH]ncc3c2)cc1C1CC1. The van der Waals surface area contributed by atoms with Crippen LogP contribution in [-0.4, -0.2) is 38.4 Å². The van der Waals surface area contributed by atoms with Crippen molar-refractivity contribution in [3.05, 3.63) is 47.8 Å². The topological polar surface area (TPSA) is 117 Å². The molecule has 154 valence electrons. The van der Waals surface area contributed by atoms with Crippen molar-refractivity contribution >= 4 is 34.2 Å². The highest BCUT2D eigenvalue weighted by atomic mass is 16.2. The average Bonchev–Trinajstić information content (AvgIpc) is 3.50. The Morgan fingerprint density at radius 3 is 2.83 bits per heavy atom. The number of rotatable bonds is 3. The summed E-state index contributed by atoms with van der Waals surface area (Å²) in [5.41, 5.74) is 9.38. The molecule has 2 aromatic heterocycles.